The fourth-order valence-corrected chi connectivity index (χ4v) is 3.69. The van der Waals surface area contributed by atoms with Crippen molar-refractivity contribution in [2.24, 2.45) is 0 Å². The van der Waals surface area contributed by atoms with Crippen molar-refractivity contribution in [2.45, 2.75) is 32.4 Å². The monoisotopic (exact) mass is 341 g/mol. The quantitative estimate of drug-likeness (QED) is 0.680. The standard InChI is InChI=1S/C19H19NO3S/c1-12-16-10-14(22-2)7-8-17(16)23-18(12)19(21)20(13-5-6-13)11-15-4-3-9-24-15/h3-4,7-10,13H,5-6,11H2,1-2H3. The number of hydrogen-bond acceptors (Lipinski definition) is 4. The zero-order valence-electron chi connectivity index (χ0n) is 13.7. The SMILES string of the molecule is COc1ccc2oc(C(=O)N(Cc3cccs3)C3CC3)c(C)c2c1. The number of thiophene rings is 1. The average Bonchev–Trinajstić information content (AvgIpc) is 3.21. The van der Waals surface area contributed by atoms with Crippen LogP contribution < -0.4 is 4.74 Å². The van der Waals surface area contributed by atoms with E-state index in [0.717, 1.165) is 35.1 Å². The number of carbonyl (C=O) groups excluding carboxylic acids is 1. The maximum Gasteiger partial charge on any atom is 0.290 e. The number of fused-ring (bicyclic) bond motifs is 1. The van der Waals surface area contributed by atoms with E-state index in [4.69, 9.17) is 9.15 Å². The molecule has 0 atom stereocenters. The highest BCUT2D eigenvalue weighted by molar-refractivity contribution is 7.09. The van der Waals surface area contributed by atoms with E-state index in [2.05, 4.69) is 6.07 Å². The Labute approximate surface area is 144 Å². The van der Waals surface area contributed by atoms with Gasteiger partial charge < -0.3 is 14.1 Å². The maximum atomic E-state index is 13.1. The summed E-state index contributed by atoms with van der Waals surface area (Å²) in [7, 11) is 1.64. The van der Waals surface area contributed by atoms with E-state index in [1.54, 1.807) is 18.4 Å². The summed E-state index contributed by atoms with van der Waals surface area (Å²) < 4.78 is 11.2. The van der Waals surface area contributed by atoms with Crippen molar-refractivity contribution in [3.8, 4) is 5.75 Å². The maximum absolute atomic E-state index is 13.1. The number of ether oxygens (including phenoxy) is 1. The summed E-state index contributed by atoms with van der Waals surface area (Å²) in [6.07, 6.45) is 2.15. The highest BCUT2D eigenvalue weighted by Crippen LogP contribution is 2.34. The number of furan rings is 1. The Kier molecular flexibility index (Phi) is 3.81. The molecule has 0 radical (unpaired) electrons. The number of benzene rings is 1. The molecule has 2 aromatic heterocycles. The summed E-state index contributed by atoms with van der Waals surface area (Å²) in [6, 6.07) is 10.1. The number of hydrogen-bond donors (Lipinski definition) is 0. The van der Waals surface area contributed by atoms with Crippen LogP contribution in [-0.2, 0) is 6.54 Å². The Balaban J connectivity index is 1.69. The molecule has 1 amide bonds. The second-order valence-electron chi connectivity index (χ2n) is 6.16. The first-order valence-electron chi connectivity index (χ1n) is 8.08. The molecule has 5 heteroatoms. The minimum absolute atomic E-state index is 0.0152. The van der Waals surface area contributed by atoms with Gasteiger partial charge in [0.25, 0.3) is 5.91 Å². The number of amides is 1. The minimum Gasteiger partial charge on any atom is -0.497 e. The van der Waals surface area contributed by atoms with Crippen LogP contribution in [0.2, 0.25) is 0 Å². The lowest BCUT2D eigenvalue weighted by atomic mass is 10.1. The molecule has 1 aliphatic rings. The van der Waals surface area contributed by atoms with E-state index in [1.807, 2.05) is 41.5 Å². The molecule has 4 rings (SSSR count). The van der Waals surface area contributed by atoms with Crippen LogP contribution in [0.3, 0.4) is 0 Å². The van der Waals surface area contributed by atoms with Crippen LogP contribution in [0.4, 0.5) is 0 Å². The van der Waals surface area contributed by atoms with E-state index >= 15 is 0 Å². The van der Waals surface area contributed by atoms with Crippen LogP contribution in [0.25, 0.3) is 11.0 Å². The Morgan fingerprint density at radius 3 is 2.88 bits per heavy atom. The molecule has 1 aromatic carbocycles. The first-order chi connectivity index (χ1) is 11.7. The zero-order chi connectivity index (χ0) is 16.7. The summed E-state index contributed by atoms with van der Waals surface area (Å²) in [5.74, 6) is 1.20. The molecule has 3 aromatic rings. The Morgan fingerprint density at radius 1 is 1.38 bits per heavy atom. The van der Waals surface area contributed by atoms with Gasteiger partial charge in [0.1, 0.15) is 11.3 Å². The van der Waals surface area contributed by atoms with Gasteiger partial charge in [-0.15, -0.1) is 11.3 Å². The third-order valence-corrected chi connectivity index (χ3v) is 5.35. The van der Waals surface area contributed by atoms with Gasteiger partial charge in [-0.3, -0.25) is 4.79 Å². The Hall–Kier alpha value is -2.27. The number of rotatable bonds is 5. The average molecular weight is 341 g/mol. The van der Waals surface area contributed by atoms with Crippen molar-refractivity contribution in [3.63, 3.8) is 0 Å². The van der Waals surface area contributed by atoms with Gasteiger partial charge in [-0.2, -0.15) is 0 Å². The van der Waals surface area contributed by atoms with E-state index in [1.165, 1.54) is 4.88 Å². The van der Waals surface area contributed by atoms with E-state index in [9.17, 15) is 4.79 Å². The molecule has 0 saturated heterocycles. The van der Waals surface area contributed by atoms with Gasteiger partial charge in [-0.05, 0) is 49.4 Å². The van der Waals surface area contributed by atoms with E-state index in [-0.39, 0.29) is 5.91 Å². The molecule has 1 fully saturated rings. The van der Waals surface area contributed by atoms with Crippen LogP contribution in [-0.4, -0.2) is 24.0 Å². The van der Waals surface area contributed by atoms with E-state index < -0.39 is 0 Å². The third-order valence-electron chi connectivity index (χ3n) is 4.49. The largest absolute Gasteiger partial charge is 0.497 e. The molecular formula is C19H19NO3S. The summed E-state index contributed by atoms with van der Waals surface area (Å²) in [5.41, 5.74) is 1.61. The zero-order valence-corrected chi connectivity index (χ0v) is 14.6. The lowest BCUT2D eigenvalue weighted by Gasteiger charge is -2.20. The first kappa shape index (κ1) is 15.3. The predicted octanol–water partition coefficient (Wildman–Crippen LogP) is 4.62. The van der Waals surface area contributed by atoms with Crippen LogP contribution in [0, 0.1) is 6.92 Å². The molecule has 1 saturated carbocycles. The highest BCUT2D eigenvalue weighted by Gasteiger charge is 2.35. The number of carbonyl (C=O) groups is 1. The number of nitrogens with zero attached hydrogens (tertiary/aromatic N) is 1. The molecule has 0 aliphatic heterocycles. The lowest BCUT2D eigenvalue weighted by Crippen LogP contribution is -2.32. The summed E-state index contributed by atoms with van der Waals surface area (Å²) >= 11 is 1.68. The Morgan fingerprint density at radius 2 is 2.21 bits per heavy atom. The smallest absolute Gasteiger partial charge is 0.290 e. The molecule has 0 bridgehead atoms. The molecule has 0 spiro atoms. The van der Waals surface area contributed by atoms with Gasteiger partial charge in [0, 0.05) is 21.9 Å². The van der Waals surface area contributed by atoms with Gasteiger partial charge in [-0.25, -0.2) is 0 Å². The molecule has 1 aliphatic carbocycles. The molecule has 2 heterocycles. The normalized spacial score (nSPS) is 14.1. The van der Waals surface area contributed by atoms with E-state index in [0.29, 0.717) is 18.3 Å². The summed E-state index contributed by atoms with van der Waals surface area (Å²) in [5, 5.41) is 2.98. The second kappa shape index (κ2) is 5.98. The Bertz CT molecular complexity index is 878. The number of methoxy groups -OCH3 is 1. The topological polar surface area (TPSA) is 42.7 Å². The van der Waals surface area contributed by atoms with Crippen molar-refractivity contribution in [1.82, 2.24) is 4.90 Å². The highest BCUT2D eigenvalue weighted by atomic mass is 32.1. The molecular weight excluding hydrogens is 322 g/mol. The molecule has 24 heavy (non-hydrogen) atoms. The summed E-state index contributed by atoms with van der Waals surface area (Å²) in [4.78, 5) is 16.3. The molecule has 4 nitrogen and oxygen atoms in total. The van der Waals surface area contributed by atoms with Gasteiger partial charge in [-0.1, -0.05) is 6.07 Å². The fraction of sp³-hybridized carbons (Fsp3) is 0.316. The van der Waals surface area contributed by atoms with Gasteiger partial charge >= 0.3 is 0 Å². The predicted molar refractivity (Wildman–Crippen MR) is 94.7 cm³/mol. The minimum atomic E-state index is -0.0152. The van der Waals surface area contributed by atoms with Crippen molar-refractivity contribution in [2.75, 3.05) is 7.11 Å². The van der Waals surface area contributed by atoms with Crippen LogP contribution in [0.1, 0.15) is 33.8 Å². The fourth-order valence-electron chi connectivity index (χ4n) is 2.98. The molecule has 0 unspecified atom stereocenters. The third kappa shape index (κ3) is 2.69. The van der Waals surface area contributed by atoms with Gasteiger partial charge in [0.05, 0.1) is 13.7 Å². The molecule has 124 valence electrons. The number of aryl methyl sites for hydroxylation is 1. The summed E-state index contributed by atoms with van der Waals surface area (Å²) in [6.45, 7) is 2.59. The van der Waals surface area contributed by atoms with Crippen molar-refractivity contribution < 1.29 is 13.9 Å². The first-order valence-corrected chi connectivity index (χ1v) is 8.96. The van der Waals surface area contributed by atoms with Crippen molar-refractivity contribution in [1.29, 1.82) is 0 Å². The van der Waals surface area contributed by atoms with Crippen LogP contribution in [0.5, 0.6) is 5.75 Å². The van der Waals surface area contributed by atoms with Crippen molar-refractivity contribution in [3.05, 3.63) is 51.9 Å². The van der Waals surface area contributed by atoms with Crippen molar-refractivity contribution >= 4 is 28.2 Å². The van der Waals surface area contributed by atoms with Crippen LogP contribution >= 0.6 is 11.3 Å². The molecule has 0 N–H and O–H groups in total. The van der Waals surface area contributed by atoms with Gasteiger partial charge in [0.15, 0.2) is 5.76 Å². The second-order valence-corrected chi connectivity index (χ2v) is 7.19. The van der Waals surface area contributed by atoms with Gasteiger partial charge in [0.2, 0.25) is 0 Å². The lowest BCUT2D eigenvalue weighted by molar-refractivity contribution is 0.0700. The van der Waals surface area contributed by atoms with Crippen LogP contribution in [0.15, 0.2) is 40.1 Å².